The number of ether oxygens (including phenoxy) is 1. The van der Waals surface area contributed by atoms with E-state index in [1.165, 1.54) is 5.56 Å². The van der Waals surface area contributed by atoms with Gasteiger partial charge in [-0.3, -0.25) is 5.43 Å². The molecule has 0 saturated carbocycles. The van der Waals surface area contributed by atoms with Gasteiger partial charge in [0.2, 0.25) is 0 Å². The molecule has 6 heteroatoms. The molecule has 0 aromatic heterocycles. The third-order valence-corrected chi connectivity index (χ3v) is 3.30. The fourth-order valence-corrected chi connectivity index (χ4v) is 2.27. The van der Waals surface area contributed by atoms with E-state index in [2.05, 4.69) is 28.0 Å². The van der Waals surface area contributed by atoms with E-state index >= 15 is 0 Å². The molecule has 1 aromatic rings. The maximum absolute atomic E-state index is 5.77. The van der Waals surface area contributed by atoms with Crippen molar-refractivity contribution < 1.29 is 4.74 Å². The van der Waals surface area contributed by atoms with Crippen LogP contribution in [0.3, 0.4) is 0 Å². The van der Waals surface area contributed by atoms with Crippen molar-refractivity contribution in [1.29, 1.82) is 0 Å². The summed E-state index contributed by atoms with van der Waals surface area (Å²) in [4.78, 5) is 0. The molecule has 5 nitrogen and oxygen atoms in total. The predicted molar refractivity (Wildman–Crippen MR) is 74.5 cm³/mol. The lowest BCUT2D eigenvalue weighted by molar-refractivity contribution is 0.0277. The third kappa shape index (κ3) is 2.89. The summed E-state index contributed by atoms with van der Waals surface area (Å²) in [5.74, 6) is 0. The maximum Gasteiger partial charge on any atom is 0.0954 e. The van der Waals surface area contributed by atoms with Crippen molar-refractivity contribution in [3.8, 4) is 0 Å². The number of hydrogen-bond donors (Lipinski definition) is 2. The molecule has 3 rings (SSSR count). The molecule has 1 unspecified atom stereocenters. The number of hydrazone groups is 1. The molecule has 0 radical (unpaired) electrons. The normalized spacial score (nSPS) is 22.9. The molecule has 0 bridgehead atoms. The summed E-state index contributed by atoms with van der Waals surface area (Å²) in [6.07, 6.45) is 3.77. The molecule has 2 aliphatic heterocycles. The Hall–Kier alpha value is -1.56. The average Bonchev–Trinajstić information content (AvgIpc) is 2.48. The van der Waals surface area contributed by atoms with Crippen LogP contribution in [0.25, 0.3) is 0 Å². The Bertz CT molecular complexity index is 494. The van der Waals surface area contributed by atoms with E-state index in [0.29, 0.717) is 0 Å². The summed E-state index contributed by atoms with van der Waals surface area (Å²) in [6, 6.07) is 8.22. The number of halogens is 1. The third-order valence-electron chi connectivity index (χ3n) is 3.12. The highest BCUT2D eigenvalue weighted by molar-refractivity contribution is 6.15. The number of rotatable bonds is 2. The second-order valence-electron chi connectivity index (χ2n) is 4.39. The van der Waals surface area contributed by atoms with Gasteiger partial charge in [-0.15, -0.1) is 9.74 Å². The highest BCUT2D eigenvalue weighted by Crippen LogP contribution is 2.20. The quantitative estimate of drug-likeness (QED) is 0.806. The van der Waals surface area contributed by atoms with Crippen LogP contribution in [0.5, 0.6) is 0 Å². The Labute approximate surface area is 117 Å². The number of nitrogens with one attached hydrogen (secondary N) is 2. The van der Waals surface area contributed by atoms with Gasteiger partial charge in [-0.25, -0.2) is 0 Å². The first kappa shape index (κ1) is 12.5. The van der Waals surface area contributed by atoms with Crippen LogP contribution >= 0.6 is 11.8 Å². The average molecular weight is 279 g/mol. The van der Waals surface area contributed by atoms with Gasteiger partial charge in [0.1, 0.15) is 0 Å². The highest BCUT2D eigenvalue weighted by atomic mass is 35.5. The van der Waals surface area contributed by atoms with Crippen molar-refractivity contribution >= 4 is 17.5 Å². The highest BCUT2D eigenvalue weighted by Gasteiger charge is 2.15. The molecule has 100 valence electrons. The van der Waals surface area contributed by atoms with Crippen molar-refractivity contribution in [1.82, 2.24) is 15.4 Å². The molecule has 2 heterocycles. The summed E-state index contributed by atoms with van der Waals surface area (Å²) in [7, 11) is 0. The number of nitrogens with zero attached hydrogens (tertiary/aromatic N) is 2. The van der Waals surface area contributed by atoms with Crippen LogP contribution < -0.4 is 10.7 Å². The van der Waals surface area contributed by atoms with E-state index in [-0.39, 0.29) is 6.10 Å². The molecule has 0 spiro atoms. The van der Waals surface area contributed by atoms with Crippen molar-refractivity contribution in [3.05, 3.63) is 47.7 Å². The second kappa shape index (κ2) is 5.61. The molecule has 1 fully saturated rings. The van der Waals surface area contributed by atoms with Gasteiger partial charge in [0.15, 0.2) is 0 Å². The zero-order valence-corrected chi connectivity index (χ0v) is 11.1. The lowest BCUT2D eigenvalue weighted by Gasteiger charge is -2.24. The molecule has 1 saturated heterocycles. The van der Waals surface area contributed by atoms with Crippen LogP contribution in [0.2, 0.25) is 0 Å². The summed E-state index contributed by atoms with van der Waals surface area (Å²) >= 11 is 5.77. The Morgan fingerprint density at radius 1 is 1.32 bits per heavy atom. The lowest BCUT2D eigenvalue weighted by atomic mass is 10.0. The van der Waals surface area contributed by atoms with E-state index in [9.17, 15) is 0 Å². The molecule has 19 heavy (non-hydrogen) atoms. The topological polar surface area (TPSA) is 48.9 Å². The monoisotopic (exact) mass is 278 g/mol. The first-order valence-electron chi connectivity index (χ1n) is 6.23. The zero-order valence-electron chi connectivity index (χ0n) is 10.3. The largest absolute Gasteiger partial charge is 0.371 e. The summed E-state index contributed by atoms with van der Waals surface area (Å²) in [5, 5.41) is 7.49. The lowest BCUT2D eigenvalue weighted by Crippen LogP contribution is -2.33. The first-order chi connectivity index (χ1) is 9.33. The van der Waals surface area contributed by atoms with Crippen LogP contribution in [0.15, 0.2) is 41.6 Å². The molecule has 1 aromatic carbocycles. The summed E-state index contributed by atoms with van der Waals surface area (Å²) in [6.45, 7) is 2.54. The van der Waals surface area contributed by atoms with Gasteiger partial charge in [-0.2, -0.15) is 0 Å². The molecule has 0 amide bonds. The van der Waals surface area contributed by atoms with Gasteiger partial charge >= 0.3 is 0 Å². The molecular weight excluding hydrogens is 264 g/mol. The van der Waals surface area contributed by atoms with Crippen molar-refractivity contribution in [2.75, 3.05) is 19.7 Å². The number of hydrogen-bond acceptors (Lipinski definition) is 5. The van der Waals surface area contributed by atoms with Crippen LogP contribution in [-0.2, 0) is 4.74 Å². The Kier molecular flexibility index (Phi) is 3.68. The van der Waals surface area contributed by atoms with E-state index < -0.39 is 0 Å². The SMILES string of the molecule is ClN1N=C(c2ccc(C3CNCCO3)cc2)C=CN1. The van der Waals surface area contributed by atoms with E-state index in [1.54, 1.807) is 6.20 Å². The van der Waals surface area contributed by atoms with Gasteiger partial charge < -0.3 is 10.1 Å². The number of hydrazine groups is 1. The minimum absolute atomic E-state index is 0.137. The predicted octanol–water partition coefficient (Wildman–Crippen LogP) is 1.54. The van der Waals surface area contributed by atoms with E-state index in [1.807, 2.05) is 18.2 Å². The fraction of sp³-hybridized carbons (Fsp3) is 0.308. The Morgan fingerprint density at radius 3 is 2.84 bits per heavy atom. The minimum atomic E-state index is 0.137. The Morgan fingerprint density at radius 2 is 2.16 bits per heavy atom. The molecular formula is C13H15ClN4O. The van der Waals surface area contributed by atoms with Gasteiger partial charge in [-0.05, 0) is 11.6 Å². The maximum atomic E-state index is 5.77. The smallest absolute Gasteiger partial charge is 0.0954 e. The van der Waals surface area contributed by atoms with Crippen LogP contribution in [-0.4, -0.2) is 30.0 Å². The van der Waals surface area contributed by atoms with Crippen molar-refractivity contribution in [2.24, 2.45) is 5.10 Å². The first-order valence-corrected chi connectivity index (χ1v) is 6.56. The second-order valence-corrected chi connectivity index (χ2v) is 4.71. The van der Waals surface area contributed by atoms with Gasteiger partial charge in [0.25, 0.3) is 0 Å². The van der Waals surface area contributed by atoms with Crippen molar-refractivity contribution in [2.45, 2.75) is 6.10 Å². The van der Waals surface area contributed by atoms with Crippen LogP contribution in [0.1, 0.15) is 17.2 Å². The van der Waals surface area contributed by atoms with Gasteiger partial charge in [-0.1, -0.05) is 24.3 Å². The standard InChI is InChI=1S/C13H15ClN4O/c14-18-16-6-5-12(17-18)10-1-3-11(4-2-10)13-9-15-7-8-19-13/h1-6,13,15-16H,7-9H2. The van der Waals surface area contributed by atoms with Crippen LogP contribution in [0, 0.1) is 0 Å². The van der Waals surface area contributed by atoms with E-state index in [4.69, 9.17) is 16.5 Å². The number of benzene rings is 1. The van der Waals surface area contributed by atoms with Gasteiger partial charge in [0, 0.05) is 24.9 Å². The summed E-state index contributed by atoms with van der Waals surface area (Å²) in [5.41, 5.74) is 5.77. The minimum Gasteiger partial charge on any atom is -0.371 e. The summed E-state index contributed by atoms with van der Waals surface area (Å²) < 4.78 is 6.88. The van der Waals surface area contributed by atoms with Gasteiger partial charge in [0.05, 0.1) is 30.2 Å². The molecule has 2 aliphatic rings. The Balaban J connectivity index is 1.77. The number of morpholine rings is 1. The molecule has 2 N–H and O–H groups in total. The molecule has 1 atom stereocenters. The fourth-order valence-electron chi connectivity index (χ4n) is 2.14. The van der Waals surface area contributed by atoms with Crippen LogP contribution in [0.4, 0.5) is 0 Å². The zero-order chi connectivity index (χ0) is 13.1. The van der Waals surface area contributed by atoms with Crippen molar-refractivity contribution in [3.63, 3.8) is 0 Å². The van der Waals surface area contributed by atoms with E-state index in [0.717, 1.165) is 35.6 Å². The molecule has 0 aliphatic carbocycles. The number of allylic oxidation sites excluding steroid dienone is 1.